The van der Waals surface area contributed by atoms with Crippen LogP contribution in [-0.4, -0.2) is 12.9 Å². The molecule has 106 valence electrons. The number of hydrogen-bond acceptors (Lipinski definition) is 3. The van der Waals surface area contributed by atoms with E-state index in [0.29, 0.717) is 5.58 Å². The molecule has 0 aliphatic carbocycles. The molecule has 3 aromatic rings. The molecule has 2 aromatic carbocycles. The Morgan fingerprint density at radius 1 is 1.24 bits per heavy atom. The number of furan rings is 1. The van der Waals surface area contributed by atoms with Crippen LogP contribution in [0.15, 0.2) is 51.4 Å². The minimum absolute atomic E-state index is 0.0755. The number of hydrogen-bond donors (Lipinski definition) is 0. The lowest BCUT2D eigenvalue weighted by molar-refractivity contribution is 0.100. The third kappa shape index (κ3) is 2.45. The average molecular weight is 349 g/mol. The van der Waals surface area contributed by atoms with Crippen molar-refractivity contribution in [2.24, 2.45) is 0 Å². The van der Waals surface area contributed by atoms with Crippen molar-refractivity contribution in [2.75, 3.05) is 7.11 Å². The van der Waals surface area contributed by atoms with Gasteiger partial charge in [-0.05, 0) is 36.4 Å². The molecule has 5 heteroatoms. The second kappa shape index (κ2) is 5.33. The topological polar surface area (TPSA) is 39.4 Å². The standard InChI is InChI=1S/C16H10BrFO3/c1-20-13-4-2-3-11(18)15(13)16(19)14-8-9-7-10(17)5-6-12(9)21-14/h2-8H,1H3. The highest BCUT2D eigenvalue weighted by atomic mass is 79.9. The van der Waals surface area contributed by atoms with Crippen molar-refractivity contribution in [2.45, 2.75) is 0 Å². The van der Waals surface area contributed by atoms with Crippen molar-refractivity contribution in [3.05, 3.63) is 64.1 Å². The molecule has 0 spiro atoms. The predicted molar refractivity (Wildman–Crippen MR) is 80.3 cm³/mol. The minimum atomic E-state index is -0.638. The maximum absolute atomic E-state index is 13.9. The summed E-state index contributed by atoms with van der Waals surface area (Å²) in [5.41, 5.74) is 0.440. The molecule has 0 saturated carbocycles. The van der Waals surface area contributed by atoms with Gasteiger partial charge in [-0.2, -0.15) is 0 Å². The van der Waals surface area contributed by atoms with E-state index in [2.05, 4.69) is 15.9 Å². The van der Waals surface area contributed by atoms with Gasteiger partial charge in [0.25, 0.3) is 0 Å². The monoisotopic (exact) mass is 348 g/mol. The Hall–Kier alpha value is -2.14. The van der Waals surface area contributed by atoms with Gasteiger partial charge in [-0.15, -0.1) is 0 Å². The largest absolute Gasteiger partial charge is 0.496 e. The lowest BCUT2D eigenvalue weighted by Gasteiger charge is -2.06. The third-order valence-corrected chi connectivity index (χ3v) is 3.62. The molecule has 0 saturated heterocycles. The highest BCUT2D eigenvalue weighted by Gasteiger charge is 2.22. The first-order chi connectivity index (χ1) is 10.1. The normalized spacial score (nSPS) is 10.8. The smallest absolute Gasteiger partial charge is 0.234 e. The third-order valence-electron chi connectivity index (χ3n) is 3.12. The Kier molecular flexibility index (Phi) is 3.51. The maximum atomic E-state index is 13.9. The number of carbonyl (C=O) groups is 1. The van der Waals surface area contributed by atoms with E-state index in [-0.39, 0.29) is 17.1 Å². The summed E-state index contributed by atoms with van der Waals surface area (Å²) in [6.45, 7) is 0. The van der Waals surface area contributed by atoms with Crippen molar-refractivity contribution in [1.82, 2.24) is 0 Å². The molecule has 0 atom stereocenters. The lowest BCUT2D eigenvalue weighted by Crippen LogP contribution is -2.05. The van der Waals surface area contributed by atoms with Crippen molar-refractivity contribution >= 4 is 32.7 Å². The summed E-state index contributed by atoms with van der Waals surface area (Å²) in [7, 11) is 1.39. The molecule has 1 aromatic heterocycles. The molecular weight excluding hydrogens is 339 g/mol. The molecule has 0 unspecified atom stereocenters. The molecule has 0 amide bonds. The van der Waals surface area contributed by atoms with Gasteiger partial charge in [-0.3, -0.25) is 4.79 Å². The zero-order valence-corrected chi connectivity index (χ0v) is 12.6. The molecule has 1 heterocycles. The number of ketones is 1. The van der Waals surface area contributed by atoms with E-state index >= 15 is 0 Å². The van der Waals surface area contributed by atoms with Crippen molar-refractivity contribution in [3.63, 3.8) is 0 Å². The van der Waals surface area contributed by atoms with E-state index in [1.807, 2.05) is 12.1 Å². The Balaban J connectivity index is 2.12. The van der Waals surface area contributed by atoms with Crippen molar-refractivity contribution in [3.8, 4) is 5.75 Å². The van der Waals surface area contributed by atoms with Crippen LogP contribution in [0.3, 0.4) is 0 Å². The van der Waals surface area contributed by atoms with Gasteiger partial charge < -0.3 is 9.15 Å². The van der Waals surface area contributed by atoms with Gasteiger partial charge in [0.15, 0.2) is 5.76 Å². The first-order valence-corrected chi connectivity index (χ1v) is 6.96. The summed E-state index contributed by atoms with van der Waals surface area (Å²) < 4.78 is 25.4. The lowest BCUT2D eigenvalue weighted by atomic mass is 10.1. The van der Waals surface area contributed by atoms with Crippen LogP contribution in [-0.2, 0) is 0 Å². The molecular formula is C16H10BrFO3. The summed E-state index contributed by atoms with van der Waals surface area (Å²) in [4.78, 5) is 12.5. The van der Waals surface area contributed by atoms with E-state index in [4.69, 9.17) is 9.15 Å². The second-order valence-electron chi connectivity index (χ2n) is 4.44. The van der Waals surface area contributed by atoms with Gasteiger partial charge in [-0.25, -0.2) is 4.39 Å². The van der Waals surface area contributed by atoms with Gasteiger partial charge in [0, 0.05) is 9.86 Å². The van der Waals surface area contributed by atoms with Crippen LogP contribution in [0.2, 0.25) is 0 Å². The van der Waals surface area contributed by atoms with Gasteiger partial charge in [0.1, 0.15) is 22.7 Å². The Morgan fingerprint density at radius 2 is 2.05 bits per heavy atom. The highest BCUT2D eigenvalue weighted by Crippen LogP contribution is 2.28. The average Bonchev–Trinajstić information content (AvgIpc) is 2.89. The number of rotatable bonds is 3. The summed E-state index contributed by atoms with van der Waals surface area (Å²) in [6.07, 6.45) is 0. The van der Waals surface area contributed by atoms with E-state index in [0.717, 1.165) is 9.86 Å². The second-order valence-corrected chi connectivity index (χ2v) is 5.35. The molecule has 0 radical (unpaired) electrons. The molecule has 0 aliphatic heterocycles. The van der Waals surface area contributed by atoms with Gasteiger partial charge in [0.2, 0.25) is 5.78 Å². The number of carbonyl (C=O) groups excluding carboxylic acids is 1. The summed E-state index contributed by atoms with van der Waals surface area (Å²) in [5, 5.41) is 0.767. The van der Waals surface area contributed by atoms with E-state index in [1.54, 1.807) is 12.1 Å². The van der Waals surface area contributed by atoms with Crippen LogP contribution in [0, 0.1) is 5.82 Å². The van der Waals surface area contributed by atoms with Crippen LogP contribution in [0.1, 0.15) is 16.1 Å². The molecule has 0 fully saturated rings. The Bertz CT molecular complexity index is 839. The molecule has 21 heavy (non-hydrogen) atoms. The Morgan fingerprint density at radius 3 is 2.81 bits per heavy atom. The fourth-order valence-corrected chi connectivity index (χ4v) is 2.52. The first-order valence-electron chi connectivity index (χ1n) is 6.16. The molecule has 0 bridgehead atoms. The van der Waals surface area contributed by atoms with Crippen LogP contribution < -0.4 is 4.74 Å². The molecule has 3 rings (SSSR count). The minimum Gasteiger partial charge on any atom is -0.496 e. The summed E-state index contributed by atoms with van der Waals surface area (Å²) in [6, 6.07) is 11.2. The van der Waals surface area contributed by atoms with Gasteiger partial charge >= 0.3 is 0 Å². The van der Waals surface area contributed by atoms with E-state index < -0.39 is 11.6 Å². The predicted octanol–water partition coefficient (Wildman–Crippen LogP) is 4.57. The number of ether oxygens (including phenoxy) is 1. The molecule has 3 nitrogen and oxygen atoms in total. The first kappa shape index (κ1) is 13.8. The van der Waals surface area contributed by atoms with E-state index in [9.17, 15) is 9.18 Å². The highest BCUT2D eigenvalue weighted by molar-refractivity contribution is 9.10. The SMILES string of the molecule is COc1cccc(F)c1C(=O)c1cc2cc(Br)ccc2o1. The van der Waals surface area contributed by atoms with Crippen LogP contribution in [0.5, 0.6) is 5.75 Å². The van der Waals surface area contributed by atoms with Crippen LogP contribution in [0.4, 0.5) is 4.39 Å². The molecule has 0 aliphatic rings. The maximum Gasteiger partial charge on any atom is 0.234 e. The number of fused-ring (bicyclic) bond motifs is 1. The zero-order chi connectivity index (χ0) is 15.0. The summed E-state index contributed by atoms with van der Waals surface area (Å²) >= 11 is 3.35. The Labute approximate surface area is 128 Å². The number of benzene rings is 2. The fraction of sp³-hybridized carbons (Fsp3) is 0.0625. The van der Waals surface area contributed by atoms with Crippen molar-refractivity contribution in [1.29, 1.82) is 0 Å². The van der Waals surface area contributed by atoms with E-state index in [1.165, 1.54) is 25.3 Å². The number of methoxy groups -OCH3 is 1. The fourth-order valence-electron chi connectivity index (χ4n) is 2.14. The van der Waals surface area contributed by atoms with Crippen molar-refractivity contribution < 1.29 is 18.3 Å². The molecule has 0 N–H and O–H groups in total. The van der Waals surface area contributed by atoms with Crippen LogP contribution >= 0.6 is 15.9 Å². The van der Waals surface area contributed by atoms with Gasteiger partial charge in [-0.1, -0.05) is 22.0 Å². The quantitative estimate of drug-likeness (QED) is 0.650. The number of halogens is 2. The van der Waals surface area contributed by atoms with Crippen LogP contribution in [0.25, 0.3) is 11.0 Å². The zero-order valence-electron chi connectivity index (χ0n) is 11.0. The summed E-state index contributed by atoms with van der Waals surface area (Å²) in [5.74, 6) is -0.925. The van der Waals surface area contributed by atoms with Gasteiger partial charge in [0.05, 0.1) is 7.11 Å².